The second-order valence-corrected chi connectivity index (χ2v) is 12.4. The predicted octanol–water partition coefficient (Wildman–Crippen LogP) is 5.69. The van der Waals surface area contributed by atoms with Crippen LogP contribution in [0.3, 0.4) is 0 Å². The van der Waals surface area contributed by atoms with Crippen molar-refractivity contribution < 1.29 is 28.2 Å². The van der Waals surface area contributed by atoms with Gasteiger partial charge in [-0.15, -0.1) is 6.58 Å². The molecule has 1 aliphatic carbocycles. The molecule has 1 saturated heterocycles. The number of carbonyl (C=O) groups excluding carboxylic acids is 1. The number of aryl methyl sites for hydroxylation is 1. The van der Waals surface area contributed by atoms with Crippen molar-refractivity contribution in [2.75, 3.05) is 44.5 Å². The SMILES string of the molecule is C=CCC(F)(F)c1cnc(NC2=C(OC)CC(C)(C(O)NC3CCN(C)CC3)C=C2)cc1Oc1cccc2c1N(C)C(=O)CC2. The summed E-state index contributed by atoms with van der Waals surface area (Å²) in [6, 6.07) is 7.01. The van der Waals surface area contributed by atoms with Crippen LogP contribution >= 0.6 is 0 Å². The van der Waals surface area contributed by atoms with E-state index in [0.29, 0.717) is 42.2 Å². The van der Waals surface area contributed by atoms with Gasteiger partial charge < -0.3 is 29.7 Å². The molecule has 45 heavy (non-hydrogen) atoms. The van der Waals surface area contributed by atoms with Gasteiger partial charge in [-0.1, -0.05) is 31.2 Å². The average molecular weight is 624 g/mol. The number of benzene rings is 1. The van der Waals surface area contributed by atoms with Crippen molar-refractivity contribution in [3.05, 3.63) is 77.9 Å². The van der Waals surface area contributed by atoms with Crippen molar-refractivity contribution in [2.45, 2.75) is 63.6 Å². The minimum atomic E-state index is -3.29. The van der Waals surface area contributed by atoms with Crippen LogP contribution in [0, 0.1) is 5.41 Å². The molecule has 11 heteroatoms. The van der Waals surface area contributed by atoms with Gasteiger partial charge in [0.25, 0.3) is 5.92 Å². The van der Waals surface area contributed by atoms with Crippen molar-refractivity contribution in [3.8, 4) is 11.5 Å². The molecule has 2 atom stereocenters. The van der Waals surface area contributed by atoms with Gasteiger partial charge in [-0.3, -0.25) is 10.1 Å². The summed E-state index contributed by atoms with van der Waals surface area (Å²) in [6.07, 6.45) is 7.85. The molecule has 0 radical (unpaired) electrons. The maximum absolute atomic E-state index is 15.3. The van der Waals surface area contributed by atoms with Gasteiger partial charge in [0.15, 0.2) is 5.75 Å². The number of nitrogens with one attached hydrogen (secondary N) is 2. The van der Waals surface area contributed by atoms with E-state index in [4.69, 9.17) is 9.47 Å². The number of ether oxygens (including phenoxy) is 2. The molecule has 5 rings (SSSR count). The zero-order chi connectivity index (χ0) is 32.4. The molecule has 3 aliphatic rings. The molecule has 0 saturated carbocycles. The number of anilines is 2. The Labute approximate surface area is 263 Å². The molecule has 3 heterocycles. The summed E-state index contributed by atoms with van der Waals surface area (Å²) < 4.78 is 42.5. The lowest BCUT2D eigenvalue weighted by atomic mass is 9.79. The van der Waals surface area contributed by atoms with E-state index in [1.807, 2.05) is 25.1 Å². The lowest BCUT2D eigenvalue weighted by molar-refractivity contribution is -0.118. The first-order valence-corrected chi connectivity index (χ1v) is 15.4. The van der Waals surface area contributed by atoms with Crippen LogP contribution in [0.25, 0.3) is 0 Å². The van der Waals surface area contributed by atoms with Crippen LogP contribution in [-0.2, 0) is 21.9 Å². The number of piperidine rings is 1. The van der Waals surface area contributed by atoms with Gasteiger partial charge in [0, 0.05) is 50.0 Å². The molecule has 9 nitrogen and oxygen atoms in total. The highest BCUT2D eigenvalue weighted by Gasteiger charge is 2.38. The molecule has 0 bridgehead atoms. The van der Waals surface area contributed by atoms with E-state index in [2.05, 4.69) is 34.1 Å². The number of aliphatic hydroxyl groups excluding tert-OH is 1. The first-order chi connectivity index (χ1) is 21.4. The van der Waals surface area contributed by atoms with Crippen molar-refractivity contribution in [1.82, 2.24) is 15.2 Å². The number of likely N-dealkylation sites (tertiary alicyclic amines) is 1. The second-order valence-electron chi connectivity index (χ2n) is 12.4. The van der Waals surface area contributed by atoms with Crippen molar-refractivity contribution in [2.24, 2.45) is 5.41 Å². The van der Waals surface area contributed by atoms with Gasteiger partial charge in [0.1, 0.15) is 23.6 Å². The van der Waals surface area contributed by atoms with Crippen molar-refractivity contribution in [1.29, 1.82) is 0 Å². The number of amides is 1. The van der Waals surface area contributed by atoms with Crippen molar-refractivity contribution >= 4 is 17.4 Å². The number of rotatable bonds is 11. The highest BCUT2D eigenvalue weighted by Crippen LogP contribution is 2.44. The third kappa shape index (κ3) is 7.05. The van der Waals surface area contributed by atoms with Gasteiger partial charge in [-0.05, 0) is 57.1 Å². The molecule has 2 aliphatic heterocycles. The minimum Gasteiger partial charge on any atom is -0.499 e. The summed E-state index contributed by atoms with van der Waals surface area (Å²) in [7, 11) is 5.31. The van der Waals surface area contributed by atoms with Gasteiger partial charge in [-0.25, -0.2) is 13.8 Å². The second kappa shape index (κ2) is 13.3. The molecule has 2 aromatic rings. The van der Waals surface area contributed by atoms with E-state index in [9.17, 15) is 9.90 Å². The number of alkyl halides is 2. The lowest BCUT2D eigenvalue weighted by Gasteiger charge is -2.39. The number of para-hydroxylation sites is 1. The Morgan fingerprint density at radius 3 is 2.71 bits per heavy atom. The Bertz CT molecular complexity index is 1490. The summed E-state index contributed by atoms with van der Waals surface area (Å²) in [5, 5.41) is 17.8. The van der Waals surface area contributed by atoms with E-state index in [-0.39, 0.29) is 23.5 Å². The summed E-state index contributed by atoms with van der Waals surface area (Å²) in [5.74, 6) is -2.31. The lowest BCUT2D eigenvalue weighted by Crippen LogP contribution is -2.51. The zero-order valence-corrected chi connectivity index (χ0v) is 26.4. The minimum absolute atomic E-state index is 0.0744. The molecule has 2 unspecified atom stereocenters. The largest absolute Gasteiger partial charge is 0.499 e. The molecule has 0 spiro atoms. The number of halogens is 2. The highest BCUT2D eigenvalue weighted by atomic mass is 19.3. The van der Waals surface area contributed by atoms with Crippen LogP contribution in [-0.4, -0.2) is 67.5 Å². The Hall–Kier alpha value is -3.80. The Balaban J connectivity index is 1.41. The number of aromatic nitrogens is 1. The fourth-order valence-corrected chi connectivity index (χ4v) is 6.12. The van der Waals surface area contributed by atoms with Gasteiger partial charge in [0.2, 0.25) is 5.91 Å². The van der Waals surface area contributed by atoms with E-state index in [0.717, 1.165) is 43.8 Å². The number of hydrogen-bond donors (Lipinski definition) is 3. The number of nitrogens with zero attached hydrogens (tertiary/aromatic N) is 3. The van der Waals surface area contributed by atoms with Crippen LogP contribution in [0.5, 0.6) is 11.5 Å². The fraction of sp³-hybridized carbons (Fsp3) is 0.471. The molecular weight excluding hydrogens is 580 g/mol. The zero-order valence-electron chi connectivity index (χ0n) is 26.4. The van der Waals surface area contributed by atoms with Gasteiger partial charge >= 0.3 is 0 Å². The third-order valence-corrected chi connectivity index (χ3v) is 9.00. The normalized spacial score (nSPS) is 21.8. The van der Waals surface area contributed by atoms with Gasteiger partial charge in [-0.2, -0.15) is 0 Å². The first kappa shape index (κ1) is 32.6. The summed E-state index contributed by atoms with van der Waals surface area (Å²) in [4.78, 5) is 20.6. The van der Waals surface area contributed by atoms with E-state index in [1.54, 1.807) is 26.3 Å². The monoisotopic (exact) mass is 623 g/mol. The number of allylic oxidation sites excluding steroid dienone is 3. The predicted molar refractivity (Wildman–Crippen MR) is 170 cm³/mol. The van der Waals surface area contributed by atoms with E-state index < -0.39 is 29.5 Å². The Morgan fingerprint density at radius 2 is 2.00 bits per heavy atom. The molecule has 1 fully saturated rings. The maximum Gasteiger partial charge on any atom is 0.281 e. The van der Waals surface area contributed by atoms with Crippen LogP contribution in [0.4, 0.5) is 20.3 Å². The van der Waals surface area contributed by atoms with Gasteiger partial charge in [0.05, 0.1) is 24.1 Å². The quantitative estimate of drug-likeness (QED) is 0.217. The maximum atomic E-state index is 15.3. The number of methoxy groups -OCH3 is 1. The van der Waals surface area contributed by atoms with Crippen LogP contribution < -0.4 is 20.3 Å². The van der Waals surface area contributed by atoms with Crippen molar-refractivity contribution in [3.63, 3.8) is 0 Å². The number of carbonyl (C=O) groups is 1. The standard InChI is InChI=1S/C34H43F2N5O4/c1-6-15-34(35,36)24-21-37-29(19-27(24)45-26-9-7-8-22-10-11-30(42)41(4)31(22)26)39-25-12-16-33(2,20-28(25)44-5)32(43)38-23-13-17-40(3)18-14-23/h6-9,12,16,19,21,23,32,38,43H,1,10-11,13-15,17-18,20H2,2-5H3,(H,37,39). The van der Waals surface area contributed by atoms with E-state index in [1.165, 1.54) is 11.0 Å². The molecule has 3 N–H and O–H groups in total. The number of hydrogen-bond acceptors (Lipinski definition) is 8. The fourth-order valence-electron chi connectivity index (χ4n) is 6.12. The van der Waals surface area contributed by atoms with E-state index >= 15 is 8.78 Å². The average Bonchev–Trinajstić information content (AvgIpc) is 3.01. The van der Waals surface area contributed by atoms with Crippen LogP contribution in [0.2, 0.25) is 0 Å². The summed E-state index contributed by atoms with van der Waals surface area (Å²) in [6.45, 7) is 7.41. The van der Waals surface area contributed by atoms with Crippen LogP contribution in [0.15, 0.2) is 66.7 Å². The first-order valence-electron chi connectivity index (χ1n) is 15.4. The number of aliphatic hydroxyl groups is 1. The Kier molecular flexibility index (Phi) is 9.62. The number of fused-ring (bicyclic) bond motifs is 1. The molecular formula is C34H43F2N5O4. The highest BCUT2D eigenvalue weighted by molar-refractivity contribution is 5.97. The Morgan fingerprint density at radius 1 is 1.24 bits per heavy atom. The topological polar surface area (TPSA) is 99.2 Å². The van der Waals surface area contributed by atoms with Crippen LogP contribution in [0.1, 0.15) is 50.2 Å². The number of pyridine rings is 1. The summed E-state index contributed by atoms with van der Waals surface area (Å²) >= 11 is 0. The molecule has 1 aromatic heterocycles. The molecule has 1 amide bonds. The smallest absolute Gasteiger partial charge is 0.281 e. The summed E-state index contributed by atoms with van der Waals surface area (Å²) in [5.41, 5.74) is 1.02. The molecule has 242 valence electrons. The molecule has 1 aromatic carbocycles. The third-order valence-electron chi connectivity index (χ3n) is 9.00.